The van der Waals surface area contributed by atoms with Crippen molar-refractivity contribution in [1.82, 2.24) is 0 Å². The Morgan fingerprint density at radius 2 is 1.88 bits per heavy atom. The van der Waals surface area contributed by atoms with Crippen molar-refractivity contribution in [3.05, 3.63) is 53.6 Å². The van der Waals surface area contributed by atoms with E-state index in [4.69, 9.17) is 4.74 Å². The van der Waals surface area contributed by atoms with Crippen LogP contribution in [0.25, 0.3) is 0 Å². The van der Waals surface area contributed by atoms with Gasteiger partial charge in [-0.15, -0.1) is 0 Å². The lowest BCUT2D eigenvalue weighted by molar-refractivity contribution is -0.122. The first kappa shape index (κ1) is 17.0. The number of hydrogen-bond acceptors (Lipinski definition) is 3. The summed E-state index contributed by atoms with van der Waals surface area (Å²) in [6.07, 6.45) is 0.193. The second kappa shape index (κ2) is 6.97. The van der Waals surface area contributed by atoms with E-state index in [-0.39, 0.29) is 11.8 Å². The number of fused-ring (bicyclic) bond motifs is 1. The quantitative estimate of drug-likeness (QED) is 0.930. The number of ether oxygens (including phenoxy) is 1. The van der Waals surface area contributed by atoms with E-state index in [9.17, 15) is 9.59 Å². The molecule has 1 N–H and O–H groups in total. The molecule has 1 heterocycles. The van der Waals surface area contributed by atoms with Gasteiger partial charge in [0.25, 0.3) is 5.91 Å². The monoisotopic (exact) mass is 338 g/mol. The van der Waals surface area contributed by atoms with Crippen LogP contribution < -0.4 is 15.0 Å². The number of anilines is 2. The van der Waals surface area contributed by atoms with Crippen LogP contribution >= 0.6 is 0 Å². The molecule has 0 bridgehead atoms. The Hall–Kier alpha value is -2.82. The molecule has 2 amide bonds. The van der Waals surface area contributed by atoms with Crippen molar-refractivity contribution in [1.29, 1.82) is 0 Å². The van der Waals surface area contributed by atoms with Crippen molar-refractivity contribution >= 4 is 23.2 Å². The predicted octanol–water partition coefficient (Wildman–Crippen LogP) is 3.31. The third kappa shape index (κ3) is 3.82. The maximum Gasteiger partial charge on any atom is 0.265 e. The minimum absolute atomic E-state index is 0.0376. The molecule has 0 aromatic heterocycles. The Kier molecular flexibility index (Phi) is 4.74. The second-order valence-electron chi connectivity index (χ2n) is 6.33. The lowest BCUT2D eigenvalue weighted by Gasteiger charge is -2.17. The van der Waals surface area contributed by atoms with Gasteiger partial charge in [-0.2, -0.15) is 0 Å². The van der Waals surface area contributed by atoms with E-state index in [0.29, 0.717) is 18.0 Å². The lowest BCUT2D eigenvalue weighted by Crippen LogP contribution is -2.30. The summed E-state index contributed by atoms with van der Waals surface area (Å²) < 4.78 is 5.68. The maximum absolute atomic E-state index is 12.4. The van der Waals surface area contributed by atoms with Crippen LogP contribution in [0.5, 0.6) is 5.75 Å². The summed E-state index contributed by atoms with van der Waals surface area (Å²) in [7, 11) is 0. The zero-order valence-electron chi connectivity index (χ0n) is 14.7. The Labute approximate surface area is 147 Å². The van der Waals surface area contributed by atoms with Crippen LogP contribution in [-0.2, 0) is 16.0 Å². The average molecular weight is 338 g/mol. The van der Waals surface area contributed by atoms with Crippen molar-refractivity contribution in [2.45, 2.75) is 33.3 Å². The highest BCUT2D eigenvalue weighted by atomic mass is 16.5. The number of hydrogen-bond donors (Lipinski definition) is 1. The molecule has 0 saturated carbocycles. The van der Waals surface area contributed by atoms with E-state index in [2.05, 4.69) is 5.32 Å². The Morgan fingerprint density at radius 3 is 2.56 bits per heavy atom. The van der Waals surface area contributed by atoms with Gasteiger partial charge in [-0.3, -0.25) is 9.59 Å². The lowest BCUT2D eigenvalue weighted by atomic mass is 10.1. The zero-order valence-corrected chi connectivity index (χ0v) is 14.7. The number of nitrogens with one attached hydrogen (secondary N) is 1. The highest BCUT2D eigenvalue weighted by Crippen LogP contribution is 2.30. The summed E-state index contributed by atoms with van der Waals surface area (Å²) in [5, 5.41) is 2.88. The number of nitrogens with zero attached hydrogens (tertiary/aromatic N) is 1. The van der Waals surface area contributed by atoms with E-state index in [1.165, 1.54) is 0 Å². The maximum atomic E-state index is 12.4. The van der Waals surface area contributed by atoms with Gasteiger partial charge in [-0.05, 0) is 56.2 Å². The molecule has 1 aliphatic rings. The van der Waals surface area contributed by atoms with Gasteiger partial charge in [0.15, 0.2) is 6.10 Å². The van der Waals surface area contributed by atoms with Crippen molar-refractivity contribution in [3.63, 3.8) is 0 Å². The second-order valence-corrected chi connectivity index (χ2v) is 6.33. The van der Waals surface area contributed by atoms with Gasteiger partial charge in [0.2, 0.25) is 5.91 Å². The molecular weight excluding hydrogens is 316 g/mol. The minimum Gasteiger partial charge on any atom is -0.481 e. The number of rotatable bonds is 4. The molecule has 0 aliphatic carbocycles. The fourth-order valence-electron chi connectivity index (χ4n) is 2.92. The van der Waals surface area contributed by atoms with Crippen LogP contribution in [-0.4, -0.2) is 24.5 Å². The van der Waals surface area contributed by atoms with Gasteiger partial charge >= 0.3 is 0 Å². The Bertz CT molecular complexity index is 799. The molecule has 0 fully saturated rings. The molecule has 0 unspecified atom stereocenters. The van der Waals surface area contributed by atoms with Crippen LogP contribution in [0.15, 0.2) is 42.5 Å². The Balaban J connectivity index is 1.65. The van der Waals surface area contributed by atoms with Crippen LogP contribution in [0.1, 0.15) is 25.0 Å². The summed E-state index contributed by atoms with van der Waals surface area (Å²) in [6, 6.07) is 13.2. The standard InChI is InChI=1S/C20H22N2O3/c1-13-4-7-18(8-5-13)25-14(2)20(24)21-17-6-9-19-16(12-17)10-11-22(19)15(3)23/h4-9,12,14H,10-11H2,1-3H3,(H,21,24)/t14-/m0/s1. The molecule has 1 aliphatic heterocycles. The molecule has 130 valence electrons. The van der Waals surface area contributed by atoms with Crippen LogP contribution in [0.4, 0.5) is 11.4 Å². The van der Waals surface area contributed by atoms with Gasteiger partial charge in [-0.25, -0.2) is 0 Å². The summed E-state index contributed by atoms with van der Waals surface area (Å²) in [5.74, 6) is 0.497. The molecule has 0 radical (unpaired) electrons. The van der Waals surface area contributed by atoms with Crippen molar-refractivity contribution in [3.8, 4) is 5.75 Å². The number of carbonyl (C=O) groups is 2. The first-order valence-corrected chi connectivity index (χ1v) is 8.39. The summed E-state index contributed by atoms with van der Waals surface area (Å²) in [5.41, 5.74) is 3.85. The van der Waals surface area contributed by atoms with Crippen molar-refractivity contribution < 1.29 is 14.3 Å². The number of aryl methyl sites for hydroxylation is 1. The Morgan fingerprint density at radius 1 is 1.16 bits per heavy atom. The summed E-state index contributed by atoms with van der Waals surface area (Å²) in [4.78, 5) is 25.7. The van der Waals surface area contributed by atoms with Gasteiger partial charge < -0.3 is 15.0 Å². The van der Waals surface area contributed by atoms with E-state index in [1.807, 2.05) is 49.4 Å². The number of benzene rings is 2. The van der Waals surface area contributed by atoms with E-state index < -0.39 is 6.10 Å². The fourth-order valence-corrected chi connectivity index (χ4v) is 2.92. The molecular formula is C20H22N2O3. The van der Waals surface area contributed by atoms with Gasteiger partial charge in [-0.1, -0.05) is 17.7 Å². The van der Waals surface area contributed by atoms with Crippen LogP contribution in [0, 0.1) is 6.92 Å². The SMILES string of the molecule is CC(=O)N1CCc2cc(NC(=O)[C@H](C)Oc3ccc(C)cc3)ccc21. The third-order valence-corrected chi connectivity index (χ3v) is 4.33. The fraction of sp³-hybridized carbons (Fsp3) is 0.300. The molecule has 25 heavy (non-hydrogen) atoms. The molecule has 3 rings (SSSR count). The molecule has 0 spiro atoms. The zero-order chi connectivity index (χ0) is 18.0. The normalized spacial score (nSPS) is 14.0. The van der Waals surface area contributed by atoms with Crippen LogP contribution in [0.2, 0.25) is 0 Å². The highest BCUT2D eigenvalue weighted by molar-refractivity contribution is 5.96. The topological polar surface area (TPSA) is 58.6 Å². The molecule has 1 atom stereocenters. The van der Waals surface area contributed by atoms with E-state index in [1.54, 1.807) is 18.7 Å². The summed E-state index contributed by atoms with van der Waals surface area (Å²) in [6.45, 7) is 5.98. The van der Waals surface area contributed by atoms with Gasteiger partial charge in [0, 0.05) is 24.8 Å². The first-order chi connectivity index (χ1) is 11.9. The average Bonchev–Trinajstić information content (AvgIpc) is 3.00. The number of amides is 2. The van der Waals surface area contributed by atoms with Gasteiger partial charge in [0.05, 0.1) is 0 Å². The largest absolute Gasteiger partial charge is 0.481 e. The highest BCUT2D eigenvalue weighted by Gasteiger charge is 2.23. The minimum atomic E-state index is -0.607. The van der Waals surface area contributed by atoms with Crippen molar-refractivity contribution in [2.75, 3.05) is 16.8 Å². The third-order valence-electron chi connectivity index (χ3n) is 4.33. The molecule has 5 nitrogen and oxygen atoms in total. The van der Waals surface area contributed by atoms with E-state index in [0.717, 1.165) is 23.2 Å². The summed E-state index contributed by atoms with van der Waals surface area (Å²) >= 11 is 0. The molecule has 2 aromatic carbocycles. The van der Waals surface area contributed by atoms with E-state index >= 15 is 0 Å². The molecule has 0 saturated heterocycles. The number of carbonyl (C=O) groups excluding carboxylic acids is 2. The van der Waals surface area contributed by atoms with Gasteiger partial charge in [0.1, 0.15) is 5.75 Å². The smallest absolute Gasteiger partial charge is 0.265 e. The predicted molar refractivity (Wildman–Crippen MR) is 98.1 cm³/mol. The van der Waals surface area contributed by atoms with Crippen molar-refractivity contribution in [2.24, 2.45) is 0 Å². The van der Waals surface area contributed by atoms with Crippen LogP contribution in [0.3, 0.4) is 0 Å². The molecule has 2 aromatic rings. The first-order valence-electron chi connectivity index (χ1n) is 8.39. The molecule has 5 heteroatoms.